The second-order valence-corrected chi connectivity index (χ2v) is 5.66. The number of carbonyl (C=O) groups is 1. The molecule has 1 aromatic heterocycles. The molecule has 1 atom stereocenters. The third kappa shape index (κ3) is 3.82. The van der Waals surface area contributed by atoms with E-state index in [4.69, 9.17) is 4.74 Å². The highest BCUT2D eigenvalue weighted by atomic mass is 32.1. The van der Waals surface area contributed by atoms with Gasteiger partial charge in [-0.05, 0) is 37.6 Å². The van der Waals surface area contributed by atoms with Crippen LogP contribution in [-0.2, 0) is 4.74 Å². The first-order valence-electron chi connectivity index (χ1n) is 6.34. The monoisotopic (exact) mass is 254 g/mol. The van der Waals surface area contributed by atoms with Gasteiger partial charge in [-0.1, -0.05) is 6.07 Å². The Hall–Kier alpha value is -0.870. The van der Waals surface area contributed by atoms with Gasteiger partial charge in [-0.25, -0.2) is 4.79 Å². The third-order valence-electron chi connectivity index (χ3n) is 3.17. The fourth-order valence-corrected chi connectivity index (χ4v) is 2.94. The molecule has 0 spiro atoms. The number of nitrogens with one attached hydrogen (secondary N) is 1. The van der Waals surface area contributed by atoms with E-state index in [0.29, 0.717) is 4.88 Å². The summed E-state index contributed by atoms with van der Waals surface area (Å²) >= 11 is 1.44. The number of esters is 1. The SMILES string of the molecule is C[C@@H](C[NH+]1CCCCC1)OC(=O)c1cccs1. The minimum absolute atomic E-state index is 0.0118. The summed E-state index contributed by atoms with van der Waals surface area (Å²) in [5.41, 5.74) is 0. The summed E-state index contributed by atoms with van der Waals surface area (Å²) in [6.45, 7) is 5.38. The second kappa shape index (κ2) is 6.17. The molecular weight excluding hydrogens is 234 g/mol. The lowest BCUT2D eigenvalue weighted by molar-refractivity contribution is -0.907. The van der Waals surface area contributed by atoms with Crippen molar-refractivity contribution in [2.75, 3.05) is 19.6 Å². The highest BCUT2D eigenvalue weighted by Crippen LogP contribution is 2.10. The van der Waals surface area contributed by atoms with Crippen molar-refractivity contribution < 1.29 is 14.4 Å². The van der Waals surface area contributed by atoms with Crippen molar-refractivity contribution in [3.05, 3.63) is 22.4 Å². The Balaban J connectivity index is 1.76. The third-order valence-corrected chi connectivity index (χ3v) is 4.02. The smallest absolute Gasteiger partial charge is 0.348 e. The van der Waals surface area contributed by atoms with Gasteiger partial charge in [0.25, 0.3) is 0 Å². The van der Waals surface area contributed by atoms with Crippen molar-refractivity contribution in [2.45, 2.75) is 32.3 Å². The van der Waals surface area contributed by atoms with Gasteiger partial charge < -0.3 is 9.64 Å². The first kappa shape index (κ1) is 12.6. The highest BCUT2D eigenvalue weighted by molar-refractivity contribution is 7.11. The Morgan fingerprint density at radius 3 is 2.88 bits per heavy atom. The first-order chi connectivity index (χ1) is 8.25. The van der Waals surface area contributed by atoms with Gasteiger partial charge in [0.1, 0.15) is 17.5 Å². The van der Waals surface area contributed by atoms with Crippen molar-refractivity contribution >= 4 is 17.3 Å². The van der Waals surface area contributed by atoms with Gasteiger partial charge in [-0.15, -0.1) is 11.3 Å². The first-order valence-corrected chi connectivity index (χ1v) is 7.22. The van der Waals surface area contributed by atoms with Gasteiger partial charge in [0.2, 0.25) is 0 Å². The fourth-order valence-electron chi connectivity index (χ4n) is 2.34. The number of hydrogen-bond acceptors (Lipinski definition) is 3. The standard InChI is InChI=1S/C13H19NO2S/c1-11(10-14-7-3-2-4-8-14)16-13(15)12-6-5-9-17-12/h5-6,9,11H,2-4,7-8,10H2,1H3/p+1/t11-/m0/s1. The molecule has 0 saturated carbocycles. The van der Waals surface area contributed by atoms with Gasteiger partial charge in [0.05, 0.1) is 13.1 Å². The molecule has 3 nitrogen and oxygen atoms in total. The van der Waals surface area contributed by atoms with E-state index in [1.54, 1.807) is 4.90 Å². The molecule has 2 heterocycles. The quantitative estimate of drug-likeness (QED) is 0.823. The van der Waals surface area contributed by atoms with Gasteiger partial charge in [0, 0.05) is 0 Å². The van der Waals surface area contributed by atoms with Crippen molar-refractivity contribution in [3.63, 3.8) is 0 Å². The number of thiophene rings is 1. The summed E-state index contributed by atoms with van der Waals surface area (Å²) in [6.07, 6.45) is 3.98. The number of likely N-dealkylation sites (tertiary alicyclic amines) is 1. The average Bonchev–Trinajstić information content (AvgIpc) is 2.83. The van der Waals surface area contributed by atoms with Crippen LogP contribution in [0.25, 0.3) is 0 Å². The molecule has 0 aromatic carbocycles. The Morgan fingerprint density at radius 1 is 1.47 bits per heavy atom. The van der Waals surface area contributed by atoms with Crippen molar-refractivity contribution in [2.24, 2.45) is 0 Å². The molecule has 17 heavy (non-hydrogen) atoms. The van der Waals surface area contributed by atoms with Crippen LogP contribution < -0.4 is 4.90 Å². The summed E-state index contributed by atoms with van der Waals surface area (Å²) in [7, 11) is 0. The molecule has 0 bridgehead atoms. The number of carbonyl (C=O) groups excluding carboxylic acids is 1. The summed E-state index contributed by atoms with van der Waals surface area (Å²) in [4.78, 5) is 14.0. The lowest BCUT2D eigenvalue weighted by Crippen LogP contribution is -3.13. The second-order valence-electron chi connectivity index (χ2n) is 4.71. The summed E-state index contributed by atoms with van der Waals surface area (Å²) in [6, 6.07) is 3.69. The van der Waals surface area contributed by atoms with Crippen LogP contribution in [0.1, 0.15) is 35.9 Å². The summed E-state index contributed by atoms with van der Waals surface area (Å²) in [5, 5.41) is 1.90. The van der Waals surface area contributed by atoms with E-state index in [1.807, 2.05) is 24.4 Å². The normalized spacial score (nSPS) is 18.9. The molecule has 1 aliphatic rings. The number of piperidine rings is 1. The van der Waals surface area contributed by atoms with Gasteiger partial charge >= 0.3 is 5.97 Å². The summed E-state index contributed by atoms with van der Waals surface area (Å²) in [5.74, 6) is -0.177. The molecular formula is C13H20NO2S+. The number of hydrogen-bond donors (Lipinski definition) is 1. The molecule has 0 unspecified atom stereocenters. The number of ether oxygens (including phenoxy) is 1. The Labute approximate surface area is 106 Å². The van der Waals surface area contributed by atoms with E-state index >= 15 is 0 Å². The van der Waals surface area contributed by atoms with Gasteiger partial charge in [0.15, 0.2) is 0 Å². The van der Waals surface area contributed by atoms with Crippen LogP contribution in [0.4, 0.5) is 0 Å². The van der Waals surface area contributed by atoms with Crippen molar-refractivity contribution in [1.82, 2.24) is 0 Å². The van der Waals surface area contributed by atoms with Crippen LogP contribution in [-0.4, -0.2) is 31.7 Å². The molecule has 94 valence electrons. The fraction of sp³-hybridized carbons (Fsp3) is 0.615. The maximum Gasteiger partial charge on any atom is 0.348 e. The molecule has 0 radical (unpaired) electrons. The Morgan fingerprint density at radius 2 is 2.24 bits per heavy atom. The molecule has 4 heteroatoms. The van der Waals surface area contributed by atoms with Crippen LogP contribution in [0.5, 0.6) is 0 Å². The minimum atomic E-state index is -0.177. The summed E-state index contributed by atoms with van der Waals surface area (Å²) < 4.78 is 5.45. The molecule has 0 aliphatic carbocycles. The average molecular weight is 254 g/mol. The molecule has 1 aromatic rings. The lowest BCUT2D eigenvalue weighted by Gasteiger charge is -2.25. The zero-order chi connectivity index (χ0) is 12.1. The number of quaternary nitrogens is 1. The highest BCUT2D eigenvalue weighted by Gasteiger charge is 2.20. The molecule has 1 N–H and O–H groups in total. The molecule has 2 rings (SSSR count). The van der Waals surface area contributed by atoms with E-state index in [1.165, 1.54) is 43.7 Å². The largest absolute Gasteiger partial charge is 0.452 e. The predicted molar refractivity (Wildman–Crippen MR) is 68.6 cm³/mol. The number of rotatable bonds is 4. The van der Waals surface area contributed by atoms with E-state index < -0.39 is 0 Å². The van der Waals surface area contributed by atoms with Crippen molar-refractivity contribution in [1.29, 1.82) is 0 Å². The molecule has 1 aliphatic heterocycles. The van der Waals surface area contributed by atoms with E-state index in [0.717, 1.165) is 6.54 Å². The van der Waals surface area contributed by atoms with Crippen LogP contribution in [0.15, 0.2) is 17.5 Å². The minimum Gasteiger partial charge on any atom is -0.452 e. The van der Waals surface area contributed by atoms with Crippen molar-refractivity contribution in [3.8, 4) is 0 Å². The van der Waals surface area contributed by atoms with Crippen LogP contribution in [0.2, 0.25) is 0 Å². The van der Waals surface area contributed by atoms with E-state index in [9.17, 15) is 4.79 Å². The van der Waals surface area contributed by atoms with Gasteiger partial charge in [-0.3, -0.25) is 0 Å². The molecule has 1 fully saturated rings. The lowest BCUT2D eigenvalue weighted by atomic mass is 10.1. The molecule has 1 saturated heterocycles. The van der Waals surface area contributed by atoms with Crippen LogP contribution >= 0.6 is 11.3 Å². The zero-order valence-electron chi connectivity index (χ0n) is 10.3. The van der Waals surface area contributed by atoms with Gasteiger partial charge in [-0.2, -0.15) is 0 Å². The molecule has 0 amide bonds. The van der Waals surface area contributed by atoms with E-state index in [-0.39, 0.29) is 12.1 Å². The van der Waals surface area contributed by atoms with E-state index in [2.05, 4.69) is 0 Å². The Kier molecular flexibility index (Phi) is 4.57. The Bertz CT molecular complexity index is 344. The topological polar surface area (TPSA) is 30.7 Å². The zero-order valence-corrected chi connectivity index (χ0v) is 11.1. The maximum atomic E-state index is 11.7. The van der Waals surface area contributed by atoms with Crippen LogP contribution in [0, 0.1) is 0 Å². The predicted octanol–water partition coefficient (Wildman–Crippen LogP) is 1.36. The maximum absolute atomic E-state index is 11.7. The van der Waals surface area contributed by atoms with Crippen LogP contribution in [0.3, 0.4) is 0 Å².